The van der Waals surface area contributed by atoms with Crippen LogP contribution >= 0.6 is 10.7 Å². The van der Waals surface area contributed by atoms with Crippen molar-refractivity contribution >= 4 is 31.3 Å². The molecule has 1 aliphatic heterocycles. The van der Waals surface area contributed by atoms with Crippen molar-refractivity contribution in [2.45, 2.75) is 30.8 Å². The first-order valence-electron chi connectivity index (χ1n) is 5.86. The summed E-state index contributed by atoms with van der Waals surface area (Å²) in [5.74, 6) is -0.206. The van der Waals surface area contributed by atoms with Gasteiger partial charge in [0.15, 0.2) is 0 Å². The molecular weight excluding hydrogens is 290 g/mol. The molecule has 1 aliphatic rings. The van der Waals surface area contributed by atoms with Gasteiger partial charge < -0.3 is 10.1 Å². The Labute approximate surface area is 116 Å². The number of nitrogens with one attached hydrogen (secondary N) is 1. The molecule has 1 N–H and O–H groups in total. The third kappa shape index (κ3) is 3.46. The Hall–Kier alpha value is -1.11. The summed E-state index contributed by atoms with van der Waals surface area (Å²) < 4.78 is 27.6. The van der Waals surface area contributed by atoms with E-state index in [1.54, 1.807) is 6.92 Å². The van der Waals surface area contributed by atoms with Crippen molar-refractivity contribution in [3.05, 3.63) is 23.8 Å². The van der Waals surface area contributed by atoms with Crippen molar-refractivity contribution in [1.29, 1.82) is 0 Å². The number of carbonyl (C=O) groups excluding carboxylic acids is 1. The van der Waals surface area contributed by atoms with E-state index in [0.717, 1.165) is 6.42 Å². The van der Waals surface area contributed by atoms with E-state index in [2.05, 4.69) is 5.32 Å². The summed E-state index contributed by atoms with van der Waals surface area (Å²) in [6.07, 6.45) is 1.16. The van der Waals surface area contributed by atoms with E-state index in [4.69, 9.17) is 15.4 Å². The van der Waals surface area contributed by atoms with Gasteiger partial charge in [-0.2, -0.15) is 0 Å². The first-order chi connectivity index (χ1) is 8.88. The standard InChI is InChI=1S/C12H14ClNO4S/c1-8-7-9(19(13,16)17)4-5-10(8)14-12(15)11-3-2-6-18-11/h4-5,7,11H,2-3,6H2,1H3,(H,14,15). The molecule has 1 fully saturated rings. The van der Waals surface area contributed by atoms with Gasteiger partial charge in [0, 0.05) is 23.0 Å². The van der Waals surface area contributed by atoms with Crippen LogP contribution in [0.5, 0.6) is 0 Å². The molecule has 7 heteroatoms. The van der Waals surface area contributed by atoms with Crippen LogP contribution in [0.2, 0.25) is 0 Å². The molecule has 2 rings (SSSR count). The summed E-state index contributed by atoms with van der Waals surface area (Å²) in [6, 6.07) is 4.31. The second-order valence-corrected chi connectivity index (χ2v) is 6.97. The third-order valence-electron chi connectivity index (χ3n) is 2.96. The smallest absolute Gasteiger partial charge is 0.261 e. The van der Waals surface area contributed by atoms with Gasteiger partial charge in [0.05, 0.1) is 4.90 Å². The Morgan fingerprint density at radius 3 is 2.74 bits per heavy atom. The average Bonchev–Trinajstić information content (AvgIpc) is 2.84. The first kappa shape index (κ1) is 14.3. The number of hydrogen-bond donors (Lipinski definition) is 1. The van der Waals surface area contributed by atoms with Crippen LogP contribution in [0, 0.1) is 6.92 Å². The number of halogens is 1. The van der Waals surface area contributed by atoms with Crippen molar-refractivity contribution in [2.75, 3.05) is 11.9 Å². The lowest BCUT2D eigenvalue weighted by atomic mass is 10.2. The molecule has 1 aromatic carbocycles. The summed E-state index contributed by atoms with van der Waals surface area (Å²) in [6.45, 7) is 2.30. The molecular formula is C12H14ClNO4S. The Balaban J connectivity index is 2.15. The van der Waals surface area contributed by atoms with Crippen LogP contribution < -0.4 is 5.32 Å². The van der Waals surface area contributed by atoms with E-state index in [-0.39, 0.29) is 10.8 Å². The Morgan fingerprint density at radius 2 is 2.21 bits per heavy atom. The molecule has 1 atom stereocenters. The van der Waals surface area contributed by atoms with E-state index >= 15 is 0 Å². The van der Waals surface area contributed by atoms with E-state index in [9.17, 15) is 13.2 Å². The normalized spacial score (nSPS) is 19.4. The lowest BCUT2D eigenvalue weighted by Gasteiger charge is -2.12. The number of ether oxygens (including phenoxy) is 1. The van der Waals surface area contributed by atoms with Crippen molar-refractivity contribution in [3.8, 4) is 0 Å². The fourth-order valence-electron chi connectivity index (χ4n) is 1.93. The molecule has 1 saturated heterocycles. The highest BCUT2D eigenvalue weighted by molar-refractivity contribution is 8.13. The van der Waals surface area contributed by atoms with Crippen molar-refractivity contribution in [2.24, 2.45) is 0 Å². The molecule has 104 valence electrons. The molecule has 0 radical (unpaired) electrons. The number of rotatable bonds is 3. The van der Waals surface area contributed by atoms with Crippen LogP contribution in [0.15, 0.2) is 23.1 Å². The van der Waals surface area contributed by atoms with Crippen molar-refractivity contribution in [3.63, 3.8) is 0 Å². The maximum Gasteiger partial charge on any atom is 0.261 e. The fourth-order valence-corrected chi connectivity index (χ4v) is 2.76. The van der Waals surface area contributed by atoms with Crippen LogP contribution in [0.3, 0.4) is 0 Å². The van der Waals surface area contributed by atoms with Crippen molar-refractivity contribution in [1.82, 2.24) is 0 Å². The Bertz CT molecular complexity index is 594. The molecule has 1 heterocycles. The number of anilines is 1. The second-order valence-electron chi connectivity index (χ2n) is 4.41. The van der Waals surface area contributed by atoms with Gasteiger partial charge in [0.25, 0.3) is 15.0 Å². The molecule has 19 heavy (non-hydrogen) atoms. The zero-order chi connectivity index (χ0) is 14.0. The molecule has 1 unspecified atom stereocenters. The number of carbonyl (C=O) groups is 1. The van der Waals surface area contributed by atoms with Crippen LogP contribution in [0.25, 0.3) is 0 Å². The predicted molar refractivity (Wildman–Crippen MR) is 71.8 cm³/mol. The number of hydrogen-bond acceptors (Lipinski definition) is 4. The molecule has 0 saturated carbocycles. The van der Waals surface area contributed by atoms with Crippen LogP contribution in [-0.2, 0) is 18.6 Å². The summed E-state index contributed by atoms with van der Waals surface area (Å²) in [5.41, 5.74) is 1.19. The summed E-state index contributed by atoms with van der Waals surface area (Å²) >= 11 is 0. The zero-order valence-corrected chi connectivity index (χ0v) is 11.9. The van der Waals surface area contributed by atoms with Gasteiger partial charge >= 0.3 is 0 Å². The highest BCUT2D eigenvalue weighted by atomic mass is 35.7. The fraction of sp³-hybridized carbons (Fsp3) is 0.417. The topological polar surface area (TPSA) is 72.5 Å². The maximum absolute atomic E-state index is 11.9. The quantitative estimate of drug-likeness (QED) is 0.867. The highest BCUT2D eigenvalue weighted by Crippen LogP contribution is 2.23. The molecule has 0 bridgehead atoms. The Kier molecular flexibility index (Phi) is 4.13. The zero-order valence-electron chi connectivity index (χ0n) is 10.3. The number of amides is 1. The molecule has 0 aliphatic carbocycles. The van der Waals surface area contributed by atoms with Crippen LogP contribution in [-0.4, -0.2) is 27.0 Å². The van der Waals surface area contributed by atoms with Gasteiger partial charge in [-0.05, 0) is 43.5 Å². The summed E-state index contributed by atoms with van der Waals surface area (Å²) in [5, 5.41) is 2.73. The van der Waals surface area contributed by atoms with Gasteiger partial charge in [-0.3, -0.25) is 4.79 Å². The lowest BCUT2D eigenvalue weighted by Crippen LogP contribution is -2.27. The maximum atomic E-state index is 11.9. The molecule has 0 spiro atoms. The Morgan fingerprint density at radius 1 is 1.47 bits per heavy atom. The summed E-state index contributed by atoms with van der Waals surface area (Å²) in [4.78, 5) is 11.9. The van der Waals surface area contributed by atoms with E-state index in [1.807, 2.05) is 0 Å². The van der Waals surface area contributed by atoms with Crippen molar-refractivity contribution < 1.29 is 17.9 Å². The third-order valence-corrected chi connectivity index (χ3v) is 4.31. The van der Waals surface area contributed by atoms with Gasteiger partial charge in [0.1, 0.15) is 6.10 Å². The SMILES string of the molecule is Cc1cc(S(=O)(=O)Cl)ccc1NC(=O)C1CCCO1. The van der Waals surface area contributed by atoms with Gasteiger partial charge in [-0.1, -0.05) is 0 Å². The number of benzene rings is 1. The molecule has 1 aromatic rings. The second kappa shape index (κ2) is 5.48. The molecule has 1 amide bonds. The highest BCUT2D eigenvalue weighted by Gasteiger charge is 2.24. The monoisotopic (exact) mass is 303 g/mol. The van der Waals surface area contributed by atoms with Gasteiger partial charge in [0.2, 0.25) is 0 Å². The summed E-state index contributed by atoms with van der Waals surface area (Å²) in [7, 11) is 1.51. The lowest BCUT2D eigenvalue weighted by molar-refractivity contribution is -0.124. The molecule has 5 nitrogen and oxygen atoms in total. The average molecular weight is 304 g/mol. The first-order valence-corrected chi connectivity index (χ1v) is 8.16. The largest absolute Gasteiger partial charge is 0.368 e. The minimum Gasteiger partial charge on any atom is -0.368 e. The van der Waals surface area contributed by atoms with E-state index < -0.39 is 15.2 Å². The van der Waals surface area contributed by atoms with Gasteiger partial charge in [-0.25, -0.2) is 8.42 Å². The number of aryl methyl sites for hydroxylation is 1. The predicted octanol–water partition coefficient (Wildman–Crippen LogP) is 2.04. The minimum atomic E-state index is -3.75. The van der Waals surface area contributed by atoms with Crippen LogP contribution in [0.4, 0.5) is 5.69 Å². The molecule has 0 aromatic heterocycles. The minimum absolute atomic E-state index is 0.0155. The van der Waals surface area contributed by atoms with Gasteiger partial charge in [-0.15, -0.1) is 0 Å². The van der Waals surface area contributed by atoms with E-state index in [1.165, 1.54) is 18.2 Å². The van der Waals surface area contributed by atoms with E-state index in [0.29, 0.717) is 24.3 Å². The van der Waals surface area contributed by atoms with Crippen LogP contribution in [0.1, 0.15) is 18.4 Å².